The first-order valence-electron chi connectivity index (χ1n) is 16.0. The van der Waals surface area contributed by atoms with E-state index in [4.69, 9.17) is 0 Å². The van der Waals surface area contributed by atoms with Gasteiger partial charge in [0.25, 0.3) is 0 Å². The highest BCUT2D eigenvalue weighted by atomic mass is 28.3. The Bertz CT molecular complexity index is 2300. The van der Waals surface area contributed by atoms with Gasteiger partial charge in [-0.15, -0.1) is 0 Å². The Balaban J connectivity index is 1.40. The number of aromatic nitrogens is 2. The molecule has 0 radical (unpaired) electrons. The van der Waals surface area contributed by atoms with E-state index in [0.29, 0.717) is 21.5 Å². The van der Waals surface area contributed by atoms with Crippen molar-refractivity contribution in [3.05, 3.63) is 118 Å². The summed E-state index contributed by atoms with van der Waals surface area (Å²) in [4.78, 5) is 28.2. The molecule has 0 bridgehead atoms. The number of hydrogen-bond donors (Lipinski definition) is 0. The fourth-order valence-corrected chi connectivity index (χ4v) is 9.08. The third-order valence-corrected chi connectivity index (χ3v) is 13.8. The number of hydrogen-bond acceptors (Lipinski definition) is 2. The van der Waals surface area contributed by atoms with E-state index in [2.05, 4.69) is 99.9 Å². The van der Waals surface area contributed by atoms with Crippen molar-refractivity contribution in [2.45, 2.75) is 39.3 Å². The Morgan fingerprint density at radius 1 is 0.391 bits per heavy atom. The number of benzene rings is 5. The summed E-state index contributed by atoms with van der Waals surface area (Å²) in [5.74, 6) is 0. The summed E-state index contributed by atoms with van der Waals surface area (Å²) in [7, 11) is 1.16. The molecule has 0 atom stereocenters. The van der Waals surface area contributed by atoms with Crippen LogP contribution in [0.25, 0.3) is 65.9 Å². The zero-order valence-electron chi connectivity index (χ0n) is 27.9. The molecule has 0 aliphatic carbocycles. The summed E-state index contributed by atoms with van der Waals surface area (Å²) in [5, 5.41) is 5.41. The maximum atomic E-state index is 14.1. The zero-order valence-corrected chi connectivity index (χ0v) is 29.9. The van der Waals surface area contributed by atoms with Gasteiger partial charge >= 0.3 is 0 Å². The van der Waals surface area contributed by atoms with Crippen LogP contribution < -0.4 is 21.2 Å². The summed E-state index contributed by atoms with van der Waals surface area (Å²) < 4.78 is 4.09. The van der Waals surface area contributed by atoms with Gasteiger partial charge in [-0.2, -0.15) is 0 Å². The summed E-state index contributed by atoms with van der Waals surface area (Å²) in [6.45, 7) is 14.1. The lowest BCUT2D eigenvalue weighted by Gasteiger charge is -2.17. The average molecular weight is 637 g/mol. The third-order valence-electron chi connectivity index (χ3n) is 9.70. The normalized spacial score (nSPS) is 12.5. The molecule has 2 heterocycles. The number of pyridine rings is 2. The second-order valence-corrected chi connectivity index (χ2v) is 24.9. The van der Waals surface area contributed by atoms with Crippen LogP contribution in [0.2, 0.25) is 39.3 Å². The van der Waals surface area contributed by atoms with Gasteiger partial charge in [0.1, 0.15) is 0 Å². The van der Waals surface area contributed by atoms with Crippen molar-refractivity contribution in [3.63, 3.8) is 0 Å². The van der Waals surface area contributed by atoms with Crippen molar-refractivity contribution in [3.8, 4) is 22.3 Å². The number of aryl methyl sites for hydroxylation is 2. The predicted octanol–water partition coefficient (Wildman–Crippen LogP) is 8.12. The van der Waals surface area contributed by atoms with E-state index in [1.165, 1.54) is 10.4 Å². The SMILES string of the molecule is Cn1c2ccc(-c3ccc([Si](C)(C)C)cc3)cc2c(=O)c2cc3c(cc21)c(=O)c1cc(-c2ccc([Si](C)(C)C)cc2)ccc1n3C. The molecule has 0 aliphatic heterocycles. The molecule has 0 N–H and O–H groups in total. The molecule has 7 rings (SSSR count). The maximum Gasteiger partial charge on any atom is 0.197 e. The fraction of sp³-hybridized carbons (Fsp3) is 0.200. The lowest BCUT2D eigenvalue weighted by atomic mass is 9.99. The van der Waals surface area contributed by atoms with Crippen molar-refractivity contribution < 1.29 is 0 Å². The highest BCUT2D eigenvalue weighted by Crippen LogP contribution is 2.29. The van der Waals surface area contributed by atoms with E-state index in [9.17, 15) is 9.59 Å². The van der Waals surface area contributed by atoms with Gasteiger partial charge in [-0.3, -0.25) is 9.59 Å². The van der Waals surface area contributed by atoms with Crippen LogP contribution in [-0.2, 0) is 14.1 Å². The summed E-state index contributed by atoms with van der Waals surface area (Å²) >= 11 is 0. The van der Waals surface area contributed by atoms with Gasteiger partial charge in [-0.1, -0.05) is 110 Å². The Labute approximate surface area is 271 Å². The summed E-state index contributed by atoms with van der Waals surface area (Å²) in [6.07, 6.45) is 0. The molecule has 0 fully saturated rings. The quantitative estimate of drug-likeness (QED) is 0.145. The molecule has 0 unspecified atom stereocenters. The molecular weight excluding hydrogens is 597 g/mol. The highest BCUT2D eigenvalue weighted by molar-refractivity contribution is 6.89. The van der Waals surface area contributed by atoms with Gasteiger partial charge in [0.2, 0.25) is 0 Å². The van der Waals surface area contributed by atoms with Gasteiger partial charge in [0.15, 0.2) is 10.9 Å². The van der Waals surface area contributed by atoms with Gasteiger partial charge in [0, 0.05) is 35.6 Å². The second-order valence-electron chi connectivity index (χ2n) is 14.8. The Kier molecular flexibility index (Phi) is 6.89. The van der Waals surface area contributed by atoms with E-state index < -0.39 is 16.1 Å². The number of fused-ring (bicyclic) bond motifs is 4. The smallest absolute Gasteiger partial charge is 0.197 e. The molecule has 0 amide bonds. The molecule has 230 valence electrons. The van der Waals surface area contributed by atoms with Crippen LogP contribution in [0.3, 0.4) is 0 Å². The first-order chi connectivity index (χ1) is 21.7. The van der Waals surface area contributed by atoms with Gasteiger partial charge in [-0.25, -0.2) is 0 Å². The molecule has 0 spiro atoms. The molecule has 6 heteroatoms. The van der Waals surface area contributed by atoms with Crippen molar-refractivity contribution in [1.82, 2.24) is 9.13 Å². The van der Waals surface area contributed by atoms with E-state index in [1.807, 2.05) is 59.6 Å². The molecule has 5 aromatic carbocycles. The Hall–Kier alpha value is -4.53. The maximum absolute atomic E-state index is 14.1. The highest BCUT2D eigenvalue weighted by Gasteiger charge is 2.19. The molecule has 7 aromatic rings. The molecule has 2 aromatic heterocycles. The molecule has 0 saturated heterocycles. The number of rotatable bonds is 4. The van der Waals surface area contributed by atoms with Crippen LogP contribution in [0.1, 0.15) is 0 Å². The minimum absolute atomic E-state index is 0.0183. The first kappa shape index (κ1) is 30.1. The summed E-state index contributed by atoms with van der Waals surface area (Å²) in [6, 6.07) is 33.7. The van der Waals surface area contributed by atoms with Crippen molar-refractivity contribution in [1.29, 1.82) is 0 Å². The zero-order chi connectivity index (χ0) is 32.7. The predicted molar refractivity (Wildman–Crippen MR) is 204 cm³/mol. The van der Waals surface area contributed by atoms with Gasteiger partial charge in [0.05, 0.1) is 38.2 Å². The molecule has 46 heavy (non-hydrogen) atoms. The van der Waals surface area contributed by atoms with Crippen LogP contribution in [0.5, 0.6) is 0 Å². The van der Waals surface area contributed by atoms with E-state index >= 15 is 0 Å². The molecular formula is C40H40N2O2Si2. The fourth-order valence-electron chi connectivity index (χ4n) is 6.75. The van der Waals surface area contributed by atoms with Crippen LogP contribution in [-0.4, -0.2) is 25.3 Å². The van der Waals surface area contributed by atoms with E-state index in [1.54, 1.807) is 0 Å². The van der Waals surface area contributed by atoms with E-state index in [-0.39, 0.29) is 10.9 Å². The summed E-state index contributed by atoms with van der Waals surface area (Å²) in [5.41, 5.74) is 7.42. The third kappa shape index (κ3) is 4.88. The average Bonchev–Trinajstić information content (AvgIpc) is 3.04. The minimum atomic E-state index is -1.40. The van der Waals surface area contributed by atoms with Crippen molar-refractivity contribution in [2.75, 3.05) is 0 Å². The molecule has 0 saturated carbocycles. The topological polar surface area (TPSA) is 44.0 Å². The van der Waals surface area contributed by atoms with Crippen molar-refractivity contribution >= 4 is 70.1 Å². The lowest BCUT2D eigenvalue weighted by Crippen LogP contribution is -2.37. The van der Waals surface area contributed by atoms with Gasteiger partial charge < -0.3 is 9.13 Å². The standard InChI is InChI=1S/C40H40N2O2Si2/c1-41-35-19-13-27(25-9-15-29(16-10-25)45(3,4)5)21-31(35)39(43)33-24-38-34(23-37(33)41)40(44)32-22-28(14-20-36(32)42(38)2)26-11-17-30(18-12-26)46(6,7)8/h9-24H,1-8H3. The minimum Gasteiger partial charge on any atom is -0.343 e. The molecule has 0 aliphatic rings. The first-order valence-corrected chi connectivity index (χ1v) is 23.0. The Morgan fingerprint density at radius 2 is 0.696 bits per heavy atom. The lowest BCUT2D eigenvalue weighted by molar-refractivity contribution is 0.994. The Morgan fingerprint density at radius 3 is 1.02 bits per heavy atom. The van der Waals surface area contributed by atoms with Crippen molar-refractivity contribution in [2.24, 2.45) is 14.1 Å². The van der Waals surface area contributed by atoms with Gasteiger partial charge in [-0.05, 0) is 58.7 Å². The van der Waals surface area contributed by atoms with E-state index in [0.717, 1.165) is 44.3 Å². The number of nitrogens with zero attached hydrogens (tertiary/aromatic N) is 2. The monoisotopic (exact) mass is 636 g/mol. The second kappa shape index (κ2) is 10.5. The molecule has 4 nitrogen and oxygen atoms in total. The van der Waals surface area contributed by atoms with Crippen LogP contribution in [0.15, 0.2) is 107 Å². The largest absolute Gasteiger partial charge is 0.343 e. The van der Waals surface area contributed by atoms with Crippen LogP contribution >= 0.6 is 0 Å². The van der Waals surface area contributed by atoms with Crippen LogP contribution in [0, 0.1) is 0 Å². The van der Waals surface area contributed by atoms with Crippen LogP contribution in [0.4, 0.5) is 0 Å².